The second kappa shape index (κ2) is 14.1. The number of rotatable bonds is 6. The Morgan fingerprint density at radius 1 is 0.206 bits per heavy atom. The van der Waals surface area contributed by atoms with Gasteiger partial charge in [0.15, 0.2) is 0 Å². The average molecular weight is 804 g/mol. The van der Waals surface area contributed by atoms with Crippen molar-refractivity contribution in [2.75, 3.05) is 4.90 Å². The highest BCUT2D eigenvalue weighted by Gasteiger charge is 2.17. The third kappa shape index (κ3) is 5.82. The maximum absolute atomic E-state index is 6.15. The number of furan rings is 2. The molecule has 0 aliphatic rings. The van der Waals surface area contributed by atoms with Crippen LogP contribution in [-0.2, 0) is 0 Å². The van der Waals surface area contributed by atoms with E-state index in [2.05, 4.69) is 205 Å². The second-order valence-corrected chi connectivity index (χ2v) is 16.4. The minimum absolute atomic E-state index is 0.903. The van der Waals surface area contributed by atoms with Crippen LogP contribution in [0.15, 0.2) is 233 Å². The number of anilines is 3. The van der Waals surface area contributed by atoms with Gasteiger partial charge in [-0.15, -0.1) is 0 Å². The molecule has 0 fully saturated rings. The van der Waals surface area contributed by atoms with Crippen molar-refractivity contribution in [3.63, 3.8) is 0 Å². The number of hydrogen-bond donors (Lipinski definition) is 0. The van der Waals surface area contributed by atoms with Crippen molar-refractivity contribution < 1.29 is 8.83 Å². The Morgan fingerprint density at radius 2 is 0.524 bits per heavy atom. The molecule has 0 N–H and O–H groups in total. The molecule has 13 rings (SSSR count). The predicted octanol–water partition coefficient (Wildman–Crippen LogP) is 17.4. The van der Waals surface area contributed by atoms with Gasteiger partial charge in [-0.2, -0.15) is 0 Å². The molecule has 0 saturated carbocycles. The van der Waals surface area contributed by atoms with Gasteiger partial charge >= 0.3 is 0 Å². The molecule has 3 nitrogen and oxygen atoms in total. The topological polar surface area (TPSA) is 29.5 Å². The van der Waals surface area contributed by atoms with Crippen LogP contribution in [0.2, 0.25) is 0 Å². The Kier molecular flexibility index (Phi) is 7.91. The van der Waals surface area contributed by atoms with Crippen molar-refractivity contribution in [3.05, 3.63) is 224 Å². The molecule has 0 amide bonds. The molecule has 11 aromatic carbocycles. The Hall–Kier alpha value is -8.40. The minimum atomic E-state index is 0.903. The SMILES string of the molecule is c1ccc2c(c1)oc1ccc(-c3ccc(-c4ccc(N(c5ccc(-c6ccc7oc8ccccc8c7c6)cc5)c5ccc6c7ccccc7c7ccccc7c6c5)cc4)cc3)cc12. The van der Waals surface area contributed by atoms with Gasteiger partial charge in [0.25, 0.3) is 0 Å². The largest absolute Gasteiger partial charge is 0.456 e. The average Bonchev–Trinajstić information content (AvgIpc) is 3.92. The zero-order valence-electron chi connectivity index (χ0n) is 34.1. The first-order valence-electron chi connectivity index (χ1n) is 21.5. The fourth-order valence-electron chi connectivity index (χ4n) is 9.75. The van der Waals surface area contributed by atoms with E-state index in [1.165, 1.54) is 49.0 Å². The van der Waals surface area contributed by atoms with E-state index in [1.807, 2.05) is 24.3 Å². The smallest absolute Gasteiger partial charge is 0.135 e. The quantitative estimate of drug-likeness (QED) is 0.157. The zero-order chi connectivity index (χ0) is 41.4. The van der Waals surface area contributed by atoms with Gasteiger partial charge in [0, 0.05) is 38.6 Å². The molecule has 2 aromatic heterocycles. The molecule has 0 bridgehead atoms. The highest BCUT2D eigenvalue weighted by atomic mass is 16.3. The van der Waals surface area contributed by atoms with Crippen LogP contribution in [0.25, 0.3) is 110 Å². The molecular formula is C60H37NO2. The lowest BCUT2D eigenvalue weighted by Gasteiger charge is -2.26. The molecule has 2 heterocycles. The van der Waals surface area contributed by atoms with E-state index < -0.39 is 0 Å². The summed E-state index contributed by atoms with van der Waals surface area (Å²) in [6, 6.07) is 80.7. The van der Waals surface area contributed by atoms with E-state index in [-0.39, 0.29) is 0 Å². The first-order chi connectivity index (χ1) is 31.2. The van der Waals surface area contributed by atoms with Crippen LogP contribution in [0.4, 0.5) is 17.1 Å². The molecule has 0 atom stereocenters. The van der Waals surface area contributed by atoms with Crippen molar-refractivity contribution in [1.82, 2.24) is 0 Å². The number of nitrogens with zero attached hydrogens (tertiary/aromatic N) is 1. The van der Waals surface area contributed by atoms with E-state index in [0.29, 0.717) is 0 Å². The summed E-state index contributed by atoms with van der Waals surface area (Å²) in [6.07, 6.45) is 0. The molecule has 294 valence electrons. The first kappa shape index (κ1) is 35.4. The molecule has 3 heteroatoms. The lowest BCUT2D eigenvalue weighted by atomic mass is 9.94. The van der Waals surface area contributed by atoms with E-state index in [9.17, 15) is 0 Å². The van der Waals surface area contributed by atoms with E-state index >= 15 is 0 Å². The van der Waals surface area contributed by atoms with Crippen LogP contribution in [0, 0.1) is 0 Å². The summed E-state index contributed by atoms with van der Waals surface area (Å²) in [4.78, 5) is 2.38. The maximum atomic E-state index is 6.15. The monoisotopic (exact) mass is 803 g/mol. The van der Waals surface area contributed by atoms with Gasteiger partial charge in [0.1, 0.15) is 22.3 Å². The molecule has 0 radical (unpaired) electrons. The summed E-state index contributed by atoms with van der Waals surface area (Å²) in [6.45, 7) is 0. The van der Waals surface area contributed by atoms with Gasteiger partial charge in [0.05, 0.1) is 0 Å². The van der Waals surface area contributed by atoms with Crippen LogP contribution >= 0.6 is 0 Å². The second-order valence-electron chi connectivity index (χ2n) is 16.4. The summed E-state index contributed by atoms with van der Waals surface area (Å²) in [5.41, 5.74) is 13.9. The Balaban J connectivity index is 0.890. The molecule has 0 aliphatic heterocycles. The van der Waals surface area contributed by atoms with Gasteiger partial charge in [0.2, 0.25) is 0 Å². The molecule has 0 spiro atoms. The fraction of sp³-hybridized carbons (Fsp3) is 0. The third-order valence-electron chi connectivity index (χ3n) is 12.9. The maximum Gasteiger partial charge on any atom is 0.135 e. The lowest BCUT2D eigenvalue weighted by Crippen LogP contribution is -2.10. The third-order valence-corrected chi connectivity index (χ3v) is 12.9. The van der Waals surface area contributed by atoms with Crippen molar-refractivity contribution in [1.29, 1.82) is 0 Å². The molecule has 0 aliphatic carbocycles. The van der Waals surface area contributed by atoms with Crippen LogP contribution in [-0.4, -0.2) is 0 Å². The standard InChI is InChI=1S/C60H37NO2/c1-2-11-49-47(9-1)48-10-3-4-12-50(48)54-37-46(31-32-51(49)54)61(45-29-23-41(24-30-45)43-26-34-60-56(36-43)53-14-6-8-16-58(53)63-60)44-27-21-39(22-28-44)38-17-19-40(20-18-38)42-25-33-59-55(35-42)52-13-5-7-15-57(52)62-59/h1-37H. The highest BCUT2D eigenvalue weighted by molar-refractivity contribution is 6.26. The molecule has 0 unspecified atom stereocenters. The van der Waals surface area contributed by atoms with Crippen LogP contribution < -0.4 is 4.90 Å². The summed E-state index contributed by atoms with van der Waals surface area (Å²) in [5, 5.41) is 12.1. The summed E-state index contributed by atoms with van der Waals surface area (Å²) in [7, 11) is 0. The minimum Gasteiger partial charge on any atom is -0.456 e. The summed E-state index contributed by atoms with van der Waals surface area (Å²) in [5.74, 6) is 0. The number of benzene rings is 11. The number of hydrogen-bond acceptors (Lipinski definition) is 3. The Bertz CT molecular complexity index is 3860. The highest BCUT2D eigenvalue weighted by Crippen LogP contribution is 2.42. The predicted molar refractivity (Wildman–Crippen MR) is 265 cm³/mol. The van der Waals surface area contributed by atoms with Gasteiger partial charge < -0.3 is 13.7 Å². The van der Waals surface area contributed by atoms with Crippen LogP contribution in [0.5, 0.6) is 0 Å². The zero-order valence-corrected chi connectivity index (χ0v) is 34.1. The van der Waals surface area contributed by atoms with Gasteiger partial charge in [-0.25, -0.2) is 0 Å². The molecule has 0 saturated heterocycles. The van der Waals surface area contributed by atoms with Crippen molar-refractivity contribution in [3.8, 4) is 33.4 Å². The number of fused-ring (bicyclic) bond motifs is 12. The number of para-hydroxylation sites is 2. The Morgan fingerprint density at radius 3 is 0.984 bits per heavy atom. The lowest BCUT2D eigenvalue weighted by molar-refractivity contribution is 0.668. The van der Waals surface area contributed by atoms with E-state index in [4.69, 9.17) is 8.83 Å². The van der Waals surface area contributed by atoms with Gasteiger partial charge in [-0.3, -0.25) is 0 Å². The van der Waals surface area contributed by atoms with Crippen LogP contribution in [0.1, 0.15) is 0 Å². The van der Waals surface area contributed by atoms with E-state index in [0.717, 1.165) is 77.6 Å². The molecule has 63 heavy (non-hydrogen) atoms. The van der Waals surface area contributed by atoms with Crippen LogP contribution in [0.3, 0.4) is 0 Å². The van der Waals surface area contributed by atoms with Gasteiger partial charge in [-0.05, 0) is 138 Å². The normalized spacial score (nSPS) is 11.8. The van der Waals surface area contributed by atoms with E-state index in [1.54, 1.807) is 0 Å². The Labute approximate surface area is 363 Å². The summed E-state index contributed by atoms with van der Waals surface area (Å²) >= 11 is 0. The molecular weight excluding hydrogens is 767 g/mol. The summed E-state index contributed by atoms with van der Waals surface area (Å²) < 4.78 is 12.2. The first-order valence-corrected chi connectivity index (χ1v) is 21.5. The van der Waals surface area contributed by atoms with Crippen molar-refractivity contribution in [2.24, 2.45) is 0 Å². The fourth-order valence-corrected chi connectivity index (χ4v) is 9.75. The molecule has 13 aromatic rings. The van der Waals surface area contributed by atoms with Crippen molar-refractivity contribution in [2.45, 2.75) is 0 Å². The van der Waals surface area contributed by atoms with Gasteiger partial charge in [-0.1, -0.05) is 152 Å². The van der Waals surface area contributed by atoms with Crippen molar-refractivity contribution >= 4 is 93.3 Å².